The standard InChI is InChI=1S/C16H17N3S/c1-12(13-6-3-2-4-7-13)17-10-14-11-18-19-16(14)15-8-5-9-20-15/h2-9,11-12,17H,10H2,1H3,(H,18,19)/t12-/m1/s1. The number of benzene rings is 1. The van der Waals surface area contributed by atoms with Crippen LogP contribution in [0.3, 0.4) is 0 Å². The van der Waals surface area contributed by atoms with Crippen molar-refractivity contribution in [2.24, 2.45) is 0 Å². The van der Waals surface area contributed by atoms with E-state index in [2.05, 4.69) is 64.2 Å². The van der Waals surface area contributed by atoms with Crippen molar-refractivity contribution in [1.82, 2.24) is 15.5 Å². The van der Waals surface area contributed by atoms with Crippen LogP contribution in [0, 0.1) is 0 Å². The molecule has 0 radical (unpaired) electrons. The minimum Gasteiger partial charge on any atom is -0.306 e. The third kappa shape index (κ3) is 2.81. The third-order valence-electron chi connectivity index (χ3n) is 3.38. The van der Waals surface area contributed by atoms with Crippen LogP contribution >= 0.6 is 11.3 Å². The number of thiophene rings is 1. The van der Waals surface area contributed by atoms with Gasteiger partial charge in [-0.2, -0.15) is 5.10 Å². The number of hydrogen-bond acceptors (Lipinski definition) is 3. The van der Waals surface area contributed by atoms with Gasteiger partial charge in [-0.15, -0.1) is 11.3 Å². The SMILES string of the molecule is C[C@@H](NCc1cn[nH]c1-c1cccs1)c1ccccc1. The summed E-state index contributed by atoms with van der Waals surface area (Å²) in [6.45, 7) is 2.99. The average molecular weight is 283 g/mol. The molecule has 0 unspecified atom stereocenters. The first kappa shape index (κ1) is 13.1. The molecule has 3 nitrogen and oxygen atoms in total. The molecule has 4 heteroatoms. The van der Waals surface area contributed by atoms with Crippen LogP contribution in [-0.4, -0.2) is 10.2 Å². The van der Waals surface area contributed by atoms with Crippen LogP contribution in [-0.2, 0) is 6.54 Å². The Hall–Kier alpha value is -1.91. The molecule has 0 saturated heterocycles. The number of aromatic amines is 1. The summed E-state index contributed by atoms with van der Waals surface area (Å²) in [6.07, 6.45) is 1.90. The van der Waals surface area contributed by atoms with Crippen LogP contribution in [0.2, 0.25) is 0 Å². The first-order chi connectivity index (χ1) is 9.84. The van der Waals surface area contributed by atoms with Crippen molar-refractivity contribution in [3.63, 3.8) is 0 Å². The molecule has 0 amide bonds. The average Bonchev–Trinajstić information content (AvgIpc) is 3.16. The lowest BCUT2D eigenvalue weighted by molar-refractivity contribution is 0.575. The van der Waals surface area contributed by atoms with E-state index in [1.807, 2.05) is 12.3 Å². The lowest BCUT2D eigenvalue weighted by Gasteiger charge is -2.14. The van der Waals surface area contributed by atoms with E-state index in [4.69, 9.17) is 0 Å². The van der Waals surface area contributed by atoms with Crippen molar-refractivity contribution in [3.8, 4) is 10.6 Å². The minimum absolute atomic E-state index is 0.322. The predicted octanol–water partition coefficient (Wildman–Crippen LogP) is 3.99. The summed E-state index contributed by atoms with van der Waals surface area (Å²) in [5.74, 6) is 0. The zero-order valence-electron chi connectivity index (χ0n) is 11.3. The number of nitrogens with one attached hydrogen (secondary N) is 2. The molecule has 0 saturated carbocycles. The molecule has 0 spiro atoms. The normalized spacial score (nSPS) is 12.4. The van der Waals surface area contributed by atoms with Gasteiger partial charge in [0.15, 0.2) is 0 Å². The number of H-pyrrole nitrogens is 1. The van der Waals surface area contributed by atoms with Gasteiger partial charge >= 0.3 is 0 Å². The van der Waals surface area contributed by atoms with Gasteiger partial charge in [-0.1, -0.05) is 36.4 Å². The highest BCUT2D eigenvalue weighted by atomic mass is 32.1. The molecule has 2 N–H and O–H groups in total. The molecule has 3 aromatic rings. The molecule has 3 rings (SSSR count). The highest BCUT2D eigenvalue weighted by Gasteiger charge is 2.10. The number of rotatable bonds is 5. The van der Waals surface area contributed by atoms with Gasteiger partial charge in [0.2, 0.25) is 0 Å². The Labute approximate surface area is 122 Å². The molecule has 2 aromatic heterocycles. The predicted molar refractivity (Wildman–Crippen MR) is 83.6 cm³/mol. The van der Waals surface area contributed by atoms with Crippen molar-refractivity contribution in [2.45, 2.75) is 19.5 Å². The molecule has 0 aliphatic carbocycles. The fourth-order valence-electron chi connectivity index (χ4n) is 2.20. The summed E-state index contributed by atoms with van der Waals surface area (Å²) in [5.41, 5.74) is 3.62. The maximum Gasteiger partial charge on any atom is 0.0794 e. The van der Waals surface area contributed by atoms with Crippen molar-refractivity contribution < 1.29 is 0 Å². The molecular formula is C16H17N3S. The number of aromatic nitrogens is 2. The van der Waals surface area contributed by atoms with E-state index < -0.39 is 0 Å². The van der Waals surface area contributed by atoms with E-state index in [1.165, 1.54) is 16.0 Å². The van der Waals surface area contributed by atoms with Crippen LogP contribution in [0.5, 0.6) is 0 Å². The van der Waals surface area contributed by atoms with E-state index in [1.54, 1.807) is 11.3 Å². The Kier molecular flexibility index (Phi) is 3.95. The fourth-order valence-corrected chi connectivity index (χ4v) is 2.96. The number of nitrogens with zero attached hydrogens (tertiary/aromatic N) is 1. The zero-order valence-corrected chi connectivity index (χ0v) is 12.2. The summed E-state index contributed by atoms with van der Waals surface area (Å²) < 4.78 is 0. The molecule has 0 aliphatic heterocycles. The molecule has 1 aromatic carbocycles. The van der Waals surface area contributed by atoms with Crippen LogP contribution in [0.4, 0.5) is 0 Å². The monoisotopic (exact) mass is 283 g/mol. The lowest BCUT2D eigenvalue weighted by Crippen LogP contribution is -2.18. The highest BCUT2D eigenvalue weighted by Crippen LogP contribution is 2.26. The zero-order chi connectivity index (χ0) is 13.8. The first-order valence-electron chi connectivity index (χ1n) is 6.69. The van der Waals surface area contributed by atoms with E-state index in [9.17, 15) is 0 Å². The van der Waals surface area contributed by atoms with E-state index >= 15 is 0 Å². The van der Waals surface area contributed by atoms with Gasteiger partial charge in [0, 0.05) is 18.2 Å². The largest absolute Gasteiger partial charge is 0.306 e. The molecule has 0 aliphatic rings. The smallest absolute Gasteiger partial charge is 0.0794 e. The highest BCUT2D eigenvalue weighted by molar-refractivity contribution is 7.13. The summed E-state index contributed by atoms with van der Waals surface area (Å²) in [7, 11) is 0. The molecular weight excluding hydrogens is 266 g/mol. The summed E-state index contributed by atoms with van der Waals surface area (Å²) in [4.78, 5) is 1.23. The second kappa shape index (κ2) is 6.03. The minimum atomic E-state index is 0.322. The first-order valence-corrected chi connectivity index (χ1v) is 7.57. The Morgan fingerprint density at radius 3 is 2.80 bits per heavy atom. The van der Waals surface area contributed by atoms with Crippen LogP contribution in [0.15, 0.2) is 54.0 Å². The Morgan fingerprint density at radius 2 is 2.05 bits per heavy atom. The molecule has 1 atom stereocenters. The van der Waals surface area contributed by atoms with Crippen molar-refractivity contribution in [3.05, 3.63) is 65.2 Å². The maximum absolute atomic E-state index is 4.17. The van der Waals surface area contributed by atoms with Crippen molar-refractivity contribution in [2.75, 3.05) is 0 Å². The lowest BCUT2D eigenvalue weighted by atomic mass is 10.1. The summed E-state index contributed by atoms with van der Waals surface area (Å²) in [6, 6.07) is 15.0. The van der Waals surface area contributed by atoms with Gasteiger partial charge in [-0.05, 0) is 23.9 Å². The van der Waals surface area contributed by atoms with Crippen LogP contribution < -0.4 is 5.32 Å². The van der Waals surface area contributed by atoms with E-state index in [-0.39, 0.29) is 0 Å². The topological polar surface area (TPSA) is 40.7 Å². The van der Waals surface area contributed by atoms with Gasteiger partial charge in [-0.3, -0.25) is 5.10 Å². The van der Waals surface area contributed by atoms with E-state index in [0.717, 1.165) is 12.2 Å². The quantitative estimate of drug-likeness (QED) is 0.743. The third-order valence-corrected chi connectivity index (χ3v) is 4.27. The molecule has 0 fully saturated rings. The summed E-state index contributed by atoms with van der Waals surface area (Å²) >= 11 is 1.73. The fraction of sp³-hybridized carbons (Fsp3) is 0.188. The van der Waals surface area contributed by atoms with Gasteiger partial charge in [0.05, 0.1) is 16.8 Å². The summed E-state index contributed by atoms with van der Waals surface area (Å²) in [5, 5.41) is 12.9. The van der Waals surface area contributed by atoms with Gasteiger partial charge in [0.25, 0.3) is 0 Å². The Balaban J connectivity index is 1.69. The van der Waals surface area contributed by atoms with Crippen LogP contribution in [0.1, 0.15) is 24.1 Å². The van der Waals surface area contributed by atoms with Gasteiger partial charge < -0.3 is 5.32 Å². The van der Waals surface area contributed by atoms with Crippen molar-refractivity contribution >= 4 is 11.3 Å². The van der Waals surface area contributed by atoms with Gasteiger partial charge in [0.1, 0.15) is 0 Å². The second-order valence-corrected chi connectivity index (χ2v) is 5.71. The molecule has 20 heavy (non-hydrogen) atoms. The van der Waals surface area contributed by atoms with Gasteiger partial charge in [-0.25, -0.2) is 0 Å². The molecule has 0 bridgehead atoms. The Bertz CT molecular complexity index is 643. The van der Waals surface area contributed by atoms with E-state index in [0.29, 0.717) is 6.04 Å². The second-order valence-electron chi connectivity index (χ2n) is 4.76. The number of hydrogen-bond donors (Lipinski definition) is 2. The molecule has 2 heterocycles. The maximum atomic E-state index is 4.17. The molecule has 102 valence electrons. The van der Waals surface area contributed by atoms with Crippen molar-refractivity contribution in [1.29, 1.82) is 0 Å². The van der Waals surface area contributed by atoms with Crippen LogP contribution in [0.25, 0.3) is 10.6 Å². The Morgan fingerprint density at radius 1 is 1.20 bits per heavy atom.